The second kappa shape index (κ2) is 8.70. The van der Waals surface area contributed by atoms with E-state index in [0.717, 1.165) is 24.5 Å². The van der Waals surface area contributed by atoms with Gasteiger partial charge in [-0.15, -0.1) is 24.0 Å². The fourth-order valence-electron chi connectivity index (χ4n) is 2.93. The zero-order valence-electron chi connectivity index (χ0n) is 13.9. The minimum absolute atomic E-state index is 0. The number of guanidine groups is 1. The van der Waals surface area contributed by atoms with Gasteiger partial charge in [0.15, 0.2) is 5.96 Å². The highest BCUT2D eigenvalue weighted by molar-refractivity contribution is 14.0. The van der Waals surface area contributed by atoms with E-state index in [-0.39, 0.29) is 24.0 Å². The highest BCUT2D eigenvalue weighted by Gasteiger charge is 2.27. The summed E-state index contributed by atoms with van der Waals surface area (Å²) >= 11 is 0. The average molecular weight is 429 g/mol. The molecule has 0 radical (unpaired) electrons. The monoisotopic (exact) mass is 429 g/mol. The van der Waals surface area contributed by atoms with Gasteiger partial charge in [0.2, 0.25) is 0 Å². The Labute approximate surface area is 156 Å². The van der Waals surface area contributed by atoms with Crippen LogP contribution in [-0.2, 0) is 6.54 Å². The summed E-state index contributed by atoms with van der Waals surface area (Å²) in [6.45, 7) is 2.86. The zero-order chi connectivity index (χ0) is 15.4. The SMILES string of the molecule is CN(C(N)=NCc1ccc(N2CCCCCC2)nc1)C1CC1.I. The fourth-order valence-corrected chi connectivity index (χ4v) is 2.93. The molecule has 2 aliphatic rings. The topological polar surface area (TPSA) is 57.8 Å². The highest BCUT2D eigenvalue weighted by atomic mass is 127. The second-order valence-corrected chi connectivity index (χ2v) is 6.44. The summed E-state index contributed by atoms with van der Waals surface area (Å²) in [6.07, 6.45) is 9.65. The Morgan fingerprint density at radius 1 is 1.26 bits per heavy atom. The van der Waals surface area contributed by atoms with Crippen LogP contribution in [0.25, 0.3) is 0 Å². The maximum Gasteiger partial charge on any atom is 0.191 e. The van der Waals surface area contributed by atoms with Crippen LogP contribution in [0.5, 0.6) is 0 Å². The lowest BCUT2D eigenvalue weighted by atomic mass is 10.2. The molecule has 3 rings (SSSR count). The summed E-state index contributed by atoms with van der Waals surface area (Å²) in [7, 11) is 2.02. The van der Waals surface area contributed by atoms with Crippen molar-refractivity contribution < 1.29 is 0 Å². The molecule has 0 aromatic carbocycles. The number of rotatable bonds is 4. The number of aromatic nitrogens is 1. The second-order valence-electron chi connectivity index (χ2n) is 6.44. The van der Waals surface area contributed by atoms with Gasteiger partial charge in [0.05, 0.1) is 6.54 Å². The first kappa shape index (κ1) is 18.3. The highest BCUT2D eigenvalue weighted by Crippen LogP contribution is 2.25. The summed E-state index contributed by atoms with van der Waals surface area (Å²) < 4.78 is 0. The van der Waals surface area contributed by atoms with E-state index in [4.69, 9.17) is 5.73 Å². The van der Waals surface area contributed by atoms with Gasteiger partial charge in [-0.1, -0.05) is 18.9 Å². The Kier molecular flexibility index (Phi) is 6.92. The van der Waals surface area contributed by atoms with Gasteiger partial charge in [0.1, 0.15) is 5.82 Å². The number of nitrogens with zero attached hydrogens (tertiary/aromatic N) is 4. The van der Waals surface area contributed by atoms with Crippen molar-refractivity contribution in [3.8, 4) is 0 Å². The average Bonchev–Trinajstić information content (AvgIpc) is 3.38. The summed E-state index contributed by atoms with van der Waals surface area (Å²) in [5.41, 5.74) is 7.13. The van der Waals surface area contributed by atoms with Gasteiger partial charge in [-0.05, 0) is 37.3 Å². The van der Waals surface area contributed by atoms with Crippen molar-refractivity contribution in [1.29, 1.82) is 0 Å². The molecule has 0 atom stereocenters. The summed E-state index contributed by atoms with van der Waals surface area (Å²) in [4.78, 5) is 13.6. The molecule has 5 nitrogen and oxygen atoms in total. The van der Waals surface area contributed by atoms with Crippen molar-refractivity contribution in [2.24, 2.45) is 10.7 Å². The quantitative estimate of drug-likeness (QED) is 0.454. The van der Waals surface area contributed by atoms with Crippen LogP contribution in [0, 0.1) is 0 Å². The normalized spacial score (nSPS) is 19.0. The van der Waals surface area contributed by atoms with Crippen LogP contribution in [0.2, 0.25) is 0 Å². The Balaban J connectivity index is 0.00000192. The molecule has 23 heavy (non-hydrogen) atoms. The van der Waals surface area contributed by atoms with Crippen molar-refractivity contribution in [3.05, 3.63) is 23.9 Å². The molecule has 1 saturated carbocycles. The molecule has 1 aliphatic heterocycles. The van der Waals surface area contributed by atoms with Crippen LogP contribution >= 0.6 is 24.0 Å². The third-order valence-corrected chi connectivity index (χ3v) is 4.62. The molecule has 1 aromatic rings. The van der Waals surface area contributed by atoms with Gasteiger partial charge < -0.3 is 15.5 Å². The number of hydrogen-bond donors (Lipinski definition) is 1. The molecule has 1 aliphatic carbocycles. The number of nitrogens with two attached hydrogens (primary N) is 1. The van der Waals surface area contributed by atoms with E-state index in [0.29, 0.717) is 18.5 Å². The molecule has 6 heteroatoms. The van der Waals surface area contributed by atoms with Crippen LogP contribution in [0.15, 0.2) is 23.3 Å². The number of aliphatic imine (C=N–C) groups is 1. The molecule has 0 amide bonds. The third kappa shape index (κ3) is 5.22. The first-order chi connectivity index (χ1) is 10.7. The molecule has 0 unspecified atom stereocenters. The van der Waals surface area contributed by atoms with Gasteiger partial charge in [-0.25, -0.2) is 9.98 Å². The molecule has 2 fully saturated rings. The molecule has 1 saturated heterocycles. The van der Waals surface area contributed by atoms with Crippen molar-refractivity contribution >= 4 is 35.8 Å². The van der Waals surface area contributed by atoms with Gasteiger partial charge in [-0.3, -0.25) is 0 Å². The summed E-state index contributed by atoms with van der Waals surface area (Å²) in [6, 6.07) is 4.85. The largest absolute Gasteiger partial charge is 0.370 e. The van der Waals surface area contributed by atoms with E-state index in [1.807, 2.05) is 13.2 Å². The van der Waals surface area contributed by atoms with Gasteiger partial charge >= 0.3 is 0 Å². The fraction of sp³-hybridized carbons (Fsp3) is 0.647. The maximum atomic E-state index is 6.02. The molecule has 1 aromatic heterocycles. The Morgan fingerprint density at radius 3 is 2.52 bits per heavy atom. The van der Waals surface area contributed by atoms with Gasteiger partial charge in [0.25, 0.3) is 0 Å². The first-order valence-electron chi connectivity index (χ1n) is 8.46. The molecule has 0 bridgehead atoms. The van der Waals surface area contributed by atoms with E-state index in [1.54, 1.807) is 0 Å². The molecule has 128 valence electrons. The smallest absolute Gasteiger partial charge is 0.191 e. The molecule has 2 N–H and O–H groups in total. The minimum atomic E-state index is 0. The van der Waals surface area contributed by atoms with Gasteiger partial charge in [-0.2, -0.15) is 0 Å². The standard InChI is InChI=1S/C17H27N5.HI/c1-21(15-7-8-15)17(18)20-13-14-6-9-16(19-12-14)22-10-4-2-3-5-11-22;/h6,9,12,15H,2-5,7-8,10-11,13H2,1H3,(H2,18,20);1H. The van der Waals surface area contributed by atoms with Crippen LogP contribution in [0.4, 0.5) is 5.82 Å². The predicted molar refractivity (Wildman–Crippen MR) is 106 cm³/mol. The van der Waals surface area contributed by atoms with Crippen molar-refractivity contribution in [2.45, 2.75) is 51.1 Å². The third-order valence-electron chi connectivity index (χ3n) is 4.62. The zero-order valence-corrected chi connectivity index (χ0v) is 16.3. The first-order valence-corrected chi connectivity index (χ1v) is 8.46. The molecule has 2 heterocycles. The lowest BCUT2D eigenvalue weighted by molar-refractivity contribution is 0.487. The van der Waals surface area contributed by atoms with Gasteiger partial charge in [0, 0.05) is 32.4 Å². The maximum absolute atomic E-state index is 6.02. The van der Waals surface area contributed by atoms with E-state index in [9.17, 15) is 0 Å². The molecule has 0 spiro atoms. The van der Waals surface area contributed by atoms with Crippen molar-refractivity contribution in [1.82, 2.24) is 9.88 Å². The Morgan fingerprint density at radius 2 is 1.96 bits per heavy atom. The lowest BCUT2D eigenvalue weighted by Crippen LogP contribution is -2.35. The predicted octanol–water partition coefficient (Wildman–Crippen LogP) is 2.99. The number of anilines is 1. The van der Waals surface area contributed by atoms with E-state index in [2.05, 4.69) is 31.9 Å². The number of halogens is 1. The van der Waals surface area contributed by atoms with E-state index < -0.39 is 0 Å². The minimum Gasteiger partial charge on any atom is -0.370 e. The van der Waals surface area contributed by atoms with E-state index in [1.165, 1.54) is 38.5 Å². The van der Waals surface area contributed by atoms with E-state index >= 15 is 0 Å². The number of pyridine rings is 1. The number of hydrogen-bond acceptors (Lipinski definition) is 3. The van der Waals surface area contributed by atoms with Crippen molar-refractivity contribution in [2.75, 3.05) is 25.0 Å². The molecular formula is C17H28IN5. The Bertz CT molecular complexity index is 504. The van der Waals surface area contributed by atoms with Crippen molar-refractivity contribution in [3.63, 3.8) is 0 Å². The van der Waals surface area contributed by atoms with Crippen LogP contribution < -0.4 is 10.6 Å². The van der Waals surface area contributed by atoms with Crippen LogP contribution in [-0.4, -0.2) is 42.0 Å². The Hall–Kier alpha value is -1.05. The van der Waals surface area contributed by atoms with Crippen LogP contribution in [0.3, 0.4) is 0 Å². The molecular weight excluding hydrogens is 401 g/mol. The lowest BCUT2D eigenvalue weighted by Gasteiger charge is -2.21. The summed E-state index contributed by atoms with van der Waals surface area (Å²) in [5.74, 6) is 1.73. The van der Waals surface area contributed by atoms with Crippen LogP contribution in [0.1, 0.15) is 44.1 Å². The summed E-state index contributed by atoms with van der Waals surface area (Å²) in [5, 5.41) is 0.